The minimum atomic E-state index is -0.0615. The van der Waals surface area contributed by atoms with Gasteiger partial charge in [-0.05, 0) is 74.8 Å². The van der Waals surface area contributed by atoms with E-state index in [1.54, 1.807) is 18.7 Å². The molecule has 7 rings (SSSR count). The molecule has 9 heteroatoms. The van der Waals surface area contributed by atoms with E-state index in [0.717, 1.165) is 59.2 Å². The van der Waals surface area contributed by atoms with E-state index >= 15 is 0 Å². The summed E-state index contributed by atoms with van der Waals surface area (Å²) in [5, 5.41) is 9.73. The number of rotatable bonds is 8. The molecule has 4 aromatic rings. The van der Waals surface area contributed by atoms with Gasteiger partial charge >= 0.3 is 5.69 Å². The summed E-state index contributed by atoms with van der Waals surface area (Å²) < 4.78 is 15.1. The molecule has 3 aliphatic rings. The lowest BCUT2D eigenvalue weighted by Crippen LogP contribution is -2.37. The maximum absolute atomic E-state index is 13.2. The number of aryl methyl sites for hydroxylation is 1. The van der Waals surface area contributed by atoms with Crippen molar-refractivity contribution in [2.24, 2.45) is 12.5 Å². The minimum Gasteiger partial charge on any atom is -0.381 e. The quantitative estimate of drug-likeness (QED) is 0.338. The van der Waals surface area contributed by atoms with E-state index in [0.29, 0.717) is 11.1 Å². The number of nitrogens with zero attached hydrogens (tertiary/aromatic N) is 6. The molecule has 1 saturated heterocycles. The summed E-state index contributed by atoms with van der Waals surface area (Å²) in [5.74, 6) is 0. The molecule has 204 valence electrons. The fraction of sp³-hybridized carbons (Fsp3) is 0.533. The van der Waals surface area contributed by atoms with Crippen LogP contribution in [0.5, 0.6) is 0 Å². The van der Waals surface area contributed by atoms with Crippen LogP contribution in [-0.4, -0.2) is 68.7 Å². The van der Waals surface area contributed by atoms with Gasteiger partial charge in [-0.3, -0.25) is 14.1 Å². The summed E-state index contributed by atoms with van der Waals surface area (Å²) in [6, 6.07) is 10.4. The third kappa shape index (κ3) is 4.37. The Kier molecular flexibility index (Phi) is 6.06. The largest absolute Gasteiger partial charge is 0.381 e. The second kappa shape index (κ2) is 9.50. The zero-order chi connectivity index (χ0) is 26.7. The molecule has 0 unspecified atom stereocenters. The molecule has 0 radical (unpaired) electrons. The number of hydrogen-bond acceptors (Lipinski definition) is 7. The van der Waals surface area contributed by atoms with E-state index in [1.807, 2.05) is 22.9 Å². The summed E-state index contributed by atoms with van der Waals surface area (Å²) >= 11 is 0. The molecule has 2 aliphatic carbocycles. The maximum atomic E-state index is 13.2. The first-order valence-electron chi connectivity index (χ1n) is 14.2. The highest BCUT2D eigenvalue weighted by molar-refractivity contribution is 6.02. The van der Waals surface area contributed by atoms with Crippen molar-refractivity contribution in [1.29, 1.82) is 0 Å². The molecule has 0 amide bonds. The van der Waals surface area contributed by atoms with Gasteiger partial charge < -0.3 is 14.4 Å². The van der Waals surface area contributed by atoms with E-state index < -0.39 is 0 Å². The SMILES string of the molecule is CO[C@H]1C[C@@H](n2c(=O)n(C)c3nnc4ccc(-c5ccc([C@@H](C)OCCN6CCC7(CC7)C6)nc5)cc4c32)C1. The Morgan fingerprint density at radius 2 is 1.92 bits per heavy atom. The van der Waals surface area contributed by atoms with Crippen LogP contribution < -0.4 is 5.69 Å². The number of pyridine rings is 1. The molecule has 0 bridgehead atoms. The van der Waals surface area contributed by atoms with Crippen LogP contribution in [0.3, 0.4) is 0 Å². The molecular formula is C30H36N6O3. The Labute approximate surface area is 227 Å². The lowest BCUT2D eigenvalue weighted by molar-refractivity contribution is 0.00635. The van der Waals surface area contributed by atoms with E-state index in [2.05, 4.69) is 40.2 Å². The molecule has 3 fully saturated rings. The Bertz CT molecular complexity index is 1580. The molecule has 1 aromatic carbocycles. The van der Waals surface area contributed by atoms with Crippen molar-refractivity contribution >= 4 is 22.1 Å². The van der Waals surface area contributed by atoms with E-state index in [-0.39, 0.29) is 23.9 Å². The molecule has 9 nitrogen and oxygen atoms in total. The van der Waals surface area contributed by atoms with Crippen LogP contribution >= 0.6 is 0 Å². The lowest BCUT2D eigenvalue weighted by Gasteiger charge is -2.34. The van der Waals surface area contributed by atoms with Gasteiger partial charge in [0.1, 0.15) is 5.52 Å². The summed E-state index contributed by atoms with van der Waals surface area (Å²) in [6.07, 6.45) is 7.87. The van der Waals surface area contributed by atoms with Crippen LogP contribution in [0.4, 0.5) is 0 Å². The van der Waals surface area contributed by atoms with Gasteiger partial charge in [0, 0.05) is 50.4 Å². The summed E-state index contributed by atoms with van der Waals surface area (Å²) in [7, 11) is 3.49. The van der Waals surface area contributed by atoms with Crippen molar-refractivity contribution < 1.29 is 9.47 Å². The number of benzene rings is 1. The third-order valence-electron chi connectivity index (χ3n) is 9.32. The topological polar surface area (TPSA) is 87.3 Å². The molecule has 2 saturated carbocycles. The number of ether oxygens (including phenoxy) is 2. The molecule has 39 heavy (non-hydrogen) atoms. The molecule has 3 aromatic heterocycles. The number of hydrogen-bond donors (Lipinski definition) is 0. The second-order valence-electron chi connectivity index (χ2n) is 11.8. The van der Waals surface area contributed by atoms with E-state index in [9.17, 15) is 4.79 Å². The van der Waals surface area contributed by atoms with Crippen LogP contribution in [0.25, 0.3) is 33.2 Å². The van der Waals surface area contributed by atoms with E-state index in [4.69, 9.17) is 14.5 Å². The predicted octanol–water partition coefficient (Wildman–Crippen LogP) is 4.26. The second-order valence-corrected chi connectivity index (χ2v) is 11.8. The molecule has 1 spiro atoms. The number of methoxy groups -OCH3 is 1. The summed E-state index contributed by atoms with van der Waals surface area (Å²) in [6.45, 7) is 6.25. The smallest absolute Gasteiger partial charge is 0.330 e. The van der Waals surface area contributed by atoms with Crippen molar-refractivity contribution in [3.63, 3.8) is 0 Å². The van der Waals surface area contributed by atoms with Gasteiger partial charge in [-0.1, -0.05) is 12.1 Å². The standard InChI is InChI=1S/C30H36N6O3/c1-19(39-13-12-35-11-10-30(18-35)8-9-30)25-6-5-21(17-31-25)20-4-7-26-24(14-20)27-28(33-32-26)34(2)29(37)36(27)22-15-23(16-22)38-3/h4-7,14,17,19,22-23H,8-13,15-16,18H2,1-3H3/t19-,22-,23+/m1/s1. The molecule has 0 N–H and O–H groups in total. The fourth-order valence-electron chi connectivity index (χ4n) is 6.42. The highest BCUT2D eigenvalue weighted by Crippen LogP contribution is 2.52. The van der Waals surface area contributed by atoms with Gasteiger partial charge in [-0.2, -0.15) is 0 Å². The van der Waals surface area contributed by atoms with Gasteiger partial charge in [-0.15, -0.1) is 10.2 Å². The number of likely N-dealkylation sites (tertiary alicyclic amines) is 1. The van der Waals surface area contributed by atoms with Crippen LogP contribution in [0.15, 0.2) is 41.3 Å². The zero-order valence-electron chi connectivity index (χ0n) is 23.0. The number of fused-ring (bicyclic) bond motifs is 3. The average molecular weight is 529 g/mol. The van der Waals surface area contributed by atoms with Gasteiger partial charge in [-0.25, -0.2) is 4.79 Å². The molecule has 4 heterocycles. The predicted molar refractivity (Wildman–Crippen MR) is 150 cm³/mol. The number of imidazole rings is 1. The first-order valence-corrected chi connectivity index (χ1v) is 14.2. The van der Waals surface area contributed by atoms with Gasteiger partial charge in [0.15, 0.2) is 5.65 Å². The normalized spacial score (nSPS) is 23.1. The molecule has 1 aliphatic heterocycles. The average Bonchev–Trinajstić information content (AvgIpc) is 3.50. The Balaban J connectivity index is 1.11. The minimum absolute atomic E-state index is 0.0554. The Hall–Kier alpha value is -3.14. The summed E-state index contributed by atoms with van der Waals surface area (Å²) in [4.78, 5) is 20.5. The lowest BCUT2D eigenvalue weighted by atomic mass is 9.89. The third-order valence-corrected chi connectivity index (χ3v) is 9.32. The van der Waals surface area contributed by atoms with Crippen LogP contribution in [0.1, 0.15) is 56.9 Å². The monoisotopic (exact) mass is 528 g/mol. The van der Waals surface area contributed by atoms with Gasteiger partial charge in [0.05, 0.1) is 30.0 Å². The Morgan fingerprint density at radius 3 is 2.64 bits per heavy atom. The first-order chi connectivity index (χ1) is 18.9. The van der Waals surface area contributed by atoms with Crippen molar-refractivity contribution in [2.75, 3.05) is 33.4 Å². The van der Waals surface area contributed by atoms with Crippen LogP contribution in [0.2, 0.25) is 0 Å². The van der Waals surface area contributed by atoms with Crippen molar-refractivity contribution in [3.05, 3.63) is 52.7 Å². The number of aromatic nitrogens is 5. The van der Waals surface area contributed by atoms with Crippen molar-refractivity contribution in [2.45, 2.75) is 57.3 Å². The molecular weight excluding hydrogens is 492 g/mol. The zero-order valence-corrected chi connectivity index (χ0v) is 23.0. The highest BCUT2D eigenvalue weighted by Gasteiger charge is 2.47. The maximum Gasteiger partial charge on any atom is 0.330 e. The van der Waals surface area contributed by atoms with E-state index in [1.165, 1.54) is 32.4 Å². The fourth-order valence-corrected chi connectivity index (χ4v) is 6.42. The Morgan fingerprint density at radius 1 is 1.10 bits per heavy atom. The highest BCUT2D eigenvalue weighted by atomic mass is 16.5. The van der Waals surface area contributed by atoms with Crippen molar-refractivity contribution in [1.82, 2.24) is 29.2 Å². The van der Waals surface area contributed by atoms with Crippen LogP contribution in [0, 0.1) is 5.41 Å². The summed E-state index contributed by atoms with van der Waals surface area (Å²) in [5.41, 5.74) is 5.78. The first kappa shape index (κ1) is 24.9. The molecule has 1 atom stereocenters. The van der Waals surface area contributed by atoms with Crippen molar-refractivity contribution in [3.8, 4) is 11.1 Å². The van der Waals surface area contributed by atoms with Crippen LogP contribution in [-0.2, 0) is 16.5 Å². The van der Waals surface area contributed by atoms with Gasteiger partial charge in [0.2, 0.25) is 0 Å². The van der Waals surface area contributed by atoms with Gasteiger partial charge in [0.25, 0.3) is 0 Å².